The number of pyridine rings is 1. The van der Waals surface area contributed by atoms with Gasteiger partial charge in [0, 0.05) is 11.8 Å². The maximum absolute atomic E-state index is 12.6. The molecule has 0 saturated carbocycles. The lowest BCUT2D eigenvalue weighted by atomic mass is 10.2. The number of amides is 1. The van der Waals surface area contributed by atoms with Gasteiger partial charge in [-0.2, -0.15) is 5.10 Å². The van der Waals surface area contributed by atoms with Crippen LogP contribution >= 0.6 is 11.6 Å². The highest BCUT2D eigenvalue weighted by Gasteiger charge is 2.17. The van der Waals surface area contributed by atoms with Crippen molar-refractivity contribution in [1.29, 1.82) is 0 Å². The lowest BCUT2D eigenvalue weighted by molar-refractivity contribution is 0.0955. The van der Waals surface area contributed by atoms with Gasteiger partial charge in [0.15, 0.2) is 0 Å². The number of anilines is 1. The van der Waals surface area contributed by atoms with E-state index < -0.39 is 15.9 Å². The zero-order chi connectivity index (χ0) is 20.0. The number of nitrogens with zero attached hydrogens (tertiary/aromatic N) is 2. The molecule has 0 aliphatic carbocycles. The van der Waals surface area contributed by atoms with E-state index in [1.165, 1.54) is 30.5 Å². The molecule has 9 heteroatoms. The number of aromatic nitrogens is 1. The molecule has 0 atom stereocenters. The van der Waals surface area contributed by atoms with Crippen molar-refractivity contribution in [2.24, 2.45) is 5.10 Å². The highest BCUT2D eigenvalue weighted by atomic mass is 35.5. The molecule has 7 nitrogen and oxygen atoms in total. The summed E-state index contributed by atoms with van der Waals surface area (Å²) in [7, 11) is -3.92. The van der Waals surface area contributed by atoms with Crippen LogP contribution in [0.25, 0.3) is 0 Å². The number of nitrogens with one attached hydrogen (secondary N) is 2. The van der Waals surface area contributed by atoms with E-state index >= 15 is 0 Å². The van der Waals surface area contributed by atoms with Gasteiger partial charge in [0.25, 0.3) is 15.9 Å². The molecule has 0 aliphatic heterocycles. The van der Waals surface area contributed by atoms with Crippen LogP contribution in [-0.4, -0.2) is 25.5 Å². The zero-order valence-electron chi connectivity index (χ0n) is 14.4. The minimum absolute atomic E-state index is 0.0752. The summed E-state index contributed by atoms with van der Waals surface area (Å²) in [5.41, 5.74) is 3.30. The van der Waals surface area contributed by atoms with Gasteiger partial charge in [-0.1, -0.05) is 35.9 Å². The second-order valence-electron chi connectivity index (χ2n) is 5.57. The lowest BCUT2D eigenvalue weighted by Gasteiger charge is -2.10. The third kappa shape index (κ3) is 4.93. The number of hydrazone groups is 1. The topological polar surface area (TPSA) is 101 Å². The molecule has 0 unspecified atom stereocenters. The van der Waals surface area contributed by atoms with Crippen LogP contribution in [-0.2, 0) is 10.0 Å². The average Bonchev–Trinajstić information content (AvgIpc) is 2.70. The third-order valence-electron chi connectivity index (χ3n) is 3.58. The van der Waals surface area contributed by atoms with Crippen LogP contribution in [0.2, 0.25) is 5.02 Å². The minimum atomic E-state index is -3.92. The molecule has 0 radical (unpaired) electrons. The van der Waals surface area contributed by atoms with Crippen molar-refractivity contribution in [3.8, 4) is 0 Å². The monoisotopic (exact) mass is 414 g/mol. The Morgan fingerprint density at radius 1 is 1.04 bits per heavy atom. The fourth-order valence-electron chi connectivity index (χ4n) is 2.23. The van der Waals surface area contributed by atoms with Crippen molar-refractivity contribution in [3.63, 3.8) is 0 Å². The maximum atomic E-state index is 12.6. The van der Waals surface area contributed by atoms with E-state index in [1.54, 1.807) is 48.7 Å². The van der Waals surface area contributed by atoms with E-state index in [4.69, 9.17) is 11.6 Å². The number of sulfonamides is 1. The summed E-state index contributed by atoms with van der Waals surface area (Å²) in [5.74, 6) is -0.554. The lowest BCUT2D eigenvalue weighted by Crippen LogP contribution is -2.19. The molecule has 1 amide bonds. The SMILES string of the molecule is O=C(N/N=C\c1ccccn1)c1cccc(S(=O)(=O)Nc2ccccc2Cl)c1. The van der Waals surface area contributed by atoms with E-state index in [1.807, 2.05) is 0 Å². The van der Waals surface area contributed by atoms with Crippen LogP contribution < -0.4 is 10.1 Å². The number of carbonyl (C=O) groups excluding carboxylic acids is 1. The summed E-state index contributed by atoms with van der Waals surface area (Å²) < 4.78 is 27.6. The summed E-state index contributed by atoms with van der Waals surface area (Å²) in [4.78, 5) is 16.2. The predicted octanol–water partition coefficient (Wildman–Crippen LogP) is 3.30. The second kappa shape index (κ2) is 8.64. The molecule has 0 bridgehead atoms. The van der Waals surface area contributed by atoms with Crippen LogP contribution in [0.4, 0.5) is 5.69 Å². The number of hydrogen-bond acceptors (Lipinski definition) is 5. The molecule has 1 aromatic heterocycles. The molecule has 2 N–H and O–H groups in total. The fraction of sp³-hybridized carbons (Fsp3) is 0. The van der Waals surface area contributed by atoms with Crippen molar-refractivity contribution in [3.05, 3.63) is 89.2 Å². The Labute approximate surface area is 167 Å². The molecule has 3 rings (SSSR count). The van der Waals surface area contributed by atoms with Gasteiger partial charge < -0.3 is 0 Å². The molecule has 0 spiro atoms. The van der Waals surface area contributed by atoms with Gasteiger partial charge >= 0.3 is 0 Å². The molecule has 1 heterocycles. The van der Waals surface area contributed by atoms with E-state index in [0.29, 0.717) is 5.69 Å². The standard InChI is InChI=1S/C19H15ClN4O3S/c20-17-9-1-2-10-18(17)24-28(26,27)16-8-5-6-14(12-16)19(25)23-22-13-15-7-3-4-11-21-15/h1-13,24H,(H,23,25)/b22-13-. The summed E-state index contributed by atoms with van der Waals surface area (Å²) >= 11 is 6.00. The zero-order valence-corrected chi connectivity index (χ0v) is 16.0. The Morgan fingerprint density at radius 2 is 1.82 bits per heavy atom. The second-order valence-corrected chi connectivity index (χ2v) is 7.66. The molecule has 0 aliphatic rings. The number of para-hydroxylation sites is 1. The first-order valence-corrected chi connectivity index (χ1v) is 9.94. The highest BCUT2D eigenvalue weighted by molar-refractivity contribution is 7.92. The highest BCUT2D eigenvalue weighted by Crippen LogP contribution is 2.24. The molecule has 0 saturated heterocycles. The van der Waals surface area contributed by atoms with Crippen LogP contribution in [0.1, 0.15) is 16.1 Å². The largest absolute Gasteiger partial charge is 0.278 e. The minimum Gasteiger partial charge on any atom is -0.278 e. The van der Waals surface area contributed by atoms with Gasteiger partial charge in [-0.05, 0) is 42.5 Å². The summed E-state index contributed by atoms with van der Waals surface area (Å²) in [6, 6.07) is 17.3. The smallest absolute Gasteiger partial charge is 0.271 e. The molecular formula is C19H15ClN4O3S. The fourth-order valence-corrected chi connectivity index (χ4v) is 3.59. The van der Waals surface area contributed by atoms with Crippen LogP contribution in [0.15, 0.2) is 82.9 Å². The van der Waals surface area contributed by atoms with Crippen molar-refractivity contribution >= 4 is 39.4 Å². The third-order valence-corrected chi connectivity index (χ3v) is 5.27. The van der Waals surface area contributed by atoms with E-state index in [9.17, 15) is 13.2 Å². The first-order valence-electron chi connectivity index (χ1n) is 8.07. The van der Waals surface area contributed by atoms with Crippen molar-refractivity contribution < 1.29 is 13.2 Å². The first-order chi connectivity index (χ1) is 13.5. The summed E-state index contributed by atoms with van der Waals surface area (Å²) in [6.45, 7) is 0. The first kappa shape index (κ1) is 19.5. The Balaban J connectivity index is 1.75. The van der Waals surface area contributed by atoms with Crippen LogP contribution in [0.3, 0.4) is 0 Å². The molecule has 142 valence electrons. The van der Waals surface area contributed by atoms with E-state index in [-0.39, 0.29) is 21.2 Å². The van der Waals surface area contributed by atoms with Crippen LogP contribution in [0, 0.1) is 0 Å². The van der Waals surface area contributed by atoms with Crippen molar-refractivity contribution in [1.82, 2.24) is 10.4 Å². The van der Waals surface area contributed by atoms with Gasteiger partial charge in [0.1, 0.15) is 0 Å². The Bertz CT molecular complexity index is 1120. The molecule has 3 aromatic rings. The van der Waals surface area contributed by atoms with Gasteiger partial charge in [0.05, 0.1) is 27.5 Å². The molecule has 2 aromatic carbocycles. The van der Waals surface area contributed by atoms with E-state index in [2.05, 4.69) is 20.2 Å². The maximum Gasteiger partial charge on any atom is 0.271 e. The number of hydrogen-bond donors (Lipinski definition) is 2. The molecule has 0 fully saturated rings. The number of carbonyl (C=O) groups is 1. The number of benzene rings is 2. The predicted molar refractivity (Wildman–Crippen MR) is 108 cm³/mol. The van der Waals surface area contributed by atoms with Gasteiger partial charge in [0.2, 0.25) is 0 Å². The van der Waals surface area contributed by atoms with Gasteiger partial charge in [-0.3, -0.25) is 14.5 Å². The summed E-state index contributed by atoms with van der Waals surface area (Å²) in [6.07, 6.45) is 2.99. The van der Waals surface area contributed by atoms with Crippen LogP contribution in [0.5, 0.6) is 0 Å². The Hall–Kier alpha value is -3.23. The normalized spacial score (nSPS) is 11.3. The van der Waals surface area contributed by atoms with E-state index in [0.717, 1.165) is 0 Å². The Morgan fingerprint density at radius 3 is 2.57 bits per heavy atom. The van der Waals surface area contributed by atoms with Gasteiger partial charge in [-0.15, -0.1) is 0 Å². The van der Waals surface area contributed by atoms with Crippen molar-refractivity contribution in [2.45, 2.75) is 4.90 Å². The summed E-state index contributed by atoms with van der Waals surface area (Å²) in [5, 5.41) is 4.09. The quantitative estimate of drug-likeness (QED) is 0.477. The van der Waals surface area contributed by atoms with Gasteiger partial charge in [-0.25, -0.2) is 13.8 Å². The number of rotatable bonds is 6. The Kier molecular flexibility index (Phi) is 6.03. The number of halogens is 1. The molecule has 28 heavy (non-hydrogen) atoms. The molecular weight excluding hydrogens is 400 g/mol. The van der Waals surface area contributed by atoms with Crippen molar-refractivity contribution in [2.75, 3.05) is 4.72 Å². The average molecular weight is 415 g/mol.